The predicted molar refractivity (Wildman–Crippen MR) is 210 cm³/mol. The number of fused-ring (bicyclic) bond motifs is 4. The van der Waals surface area contributed by atoms with Crippen LogP contribution in [0, 0.1) is 0 Å². The molecule has 0 spiro atoms. The molecule has 3 heteroatoms. The first-order chi connectivity index (χ1) is 24.8. The number of dihydropyridines is 1. The van der Waals surface area contributed by atoms with Crippen molar-refractivity contribution in [2.75, 3.05) is 6.54 Å². The molecular weight excluding hydrogens is 607 g/mol. The van der Waals surface area contributed by atoms with Crippen LogP contribution in [0.5, 0.6) is 0 Å². The van der Waals surface area contributed by atoms with Crippen LogP contribution in [-0.4, -0.2) is 18.1 Å². The molecule has 7 aromatic rings. The van der Waals surface area contributed by atoms with Crippen molar-refractivity contribution in [3.63, 3.8) is 0 Å². The van der Waals surface area contributed by atoms with E-state index < -0.39 is 0 Å². The zero-order valence-corrected chi connectivity index (χ0v) is 27.5. The minimum absolute atomic E-state index is 0.0211. The van der Waals surface area contributed by atoms with E-state index in [-0.39, 0.29) is 6.04 Å². The topological polar surface area (TPSA) is 36.8 Å². The van der Waals surface area contributed by atoms with E-state index in [0.29, 0.717) is 0 Å². The summed E-state index contributed by atoms with van der Waals surface area (Å²) >= 11 is 0. The second-order valence-electron chi connectivity index (χ2n) is 13.2. The summed E-state index contributed by atoms with van der Waals surface area (Å²) in [5, 5.41) is 8.53. The molecule has 7 aromatic carbocycles. The molecule has 0 amide bonds. The number of hydrogen-bond acceptors (Lipinski definition) is 3. The summed E-state index contributed by atoms with van der Waals surface area (Å²) in [6.45, 7) is 0.800. The SMILES string of the molecule is C1=CCNC(C2=NC(c3ccc4c5c(cccc35)-c3c-4c(-c4ccccc4)c4ccccc4c3-c3ccccc3)=NC(c3ccccc3)C2)=C1. The fraction of sp³-hybridized carbons (Fsp3) is 0.0638. The van der Waals surface area contributed by atoms with Crippen LogP contribution in [0.1, 0.15) is 23.6 Å². The van der Waals surface area contributed by atoms with Gasteiger partial charge in [-0.25, -0.2) is 4.99 Å². The van der Waals surface area contributed by atoms with Crippen molar-refractivity contribution < 1.29 is 0 Å². The Morgan fingerprint density at radius 1 is 0.520 bits per heavy atom. The molecule has 0 saturated heterocycles. The zero-order chi connectivity index (χ0) is 33.0. The van der Waals surface area contributed by atoms with Crippen molar-refractivity contribution in [3.05, 3.63) is 181 Å². The molecule has 236 valence electrons. The third kappa shape index (κ3) is 4.51. The second kappa shape index (κ2) is 11.7. The van der Waals surface area contributed by atoms with E-state index >= 15 is 0 Å². The van der Waals surface area contributed by atoms with Gasteiger partial charge in [0.2, 0.25) is 0 Å². The Morgan fingerprint density at radius 3 is 1.74 bits per heavy atom. The lowest BCUT2D eigenvalue weighted by atomic mass is 9.82. The van der Waals surface area contributed by atoms with Gasteiger partial charge >= 0.3 is 0 Å². The summed E-state index contributed by atoms with van der Waals surface area (Å²) in [4.78, 5) is 10.7. The monoisotopic (exact) mass is 639 g/mol. The molecule has 1 aliphatic carbocycles. The highest BCUT2D eigenvalue weighted by molar-refractivity contribution is 6.30. The molecule has 3 nitrogen and oxygen atoms in total. The van der Waals surface area contributed by atoms with Crippen LogP contribution in [0.4, 0.5) is 0 Å². The molecule has 10 rings (SSSR count). The highest BCUT2D eigenvalue weighted by Crippen LogP contribution is 2.58. The largest absolute Gasteiger partial charge is 0.380 e. The molecule has 2 aliphatic heterocycles. The van der Waals surface area contributed by atoms with Crippen molar-refractivity contribution in [1.29, 1.82) is 0 Å². The van der Waals surface area contributed by atoms with Crippen molar-refractivity contribution in [1.82, 2.24) is 5.32 Å². The van der Waals surface area contributed by atoms with E-state index in [1.165, 1.54) is 71.6 Å². The van der Waals surface area contributed by atoms with E-state index in [2.05, 4.69) is 169 Å². The normalized spacial score (nSPS) is 16.1. The second-order valence-corrected chi connectivity index (χ2v) is 13.2. The molecule has 0 bridgehead atoms. The van der Waals surface area contributed by atoms with E-state index in [0.717, 1.165) is 35.8 Å². The van der Waals surface area contributed by atoms with Gasteiger partial charge in [-0.05, 0) is 83.8 Å². The van der Waals surface area contributed by atoms with Gasteiger partial charge in [0.1, 0.15) is 0 Å². The first kappa shape index (κ1) is 28.7. The van der Waals surface area contributed by atoms with Gasteiger partial charge in [-0.1, -0.05) is 152 Å². The lowest BCUT2D eigenvalue weighted by Gasteiger charge is -2.24. The smallest absolute Gasteiger partial charge is 0.156 e. The molecule has 1 N–H and O–H groups in total. The van der Waals surface area contributed by atoms with Gasteiger partial charge < -0.3 is 5.32 Å². The maximum absolute atomic E-state index is 5.38. The van der Waals surface area contributed by atoms with Crippen molar-refractivity contribution in [2.24, 2.45) is 9.98 Å². The molecule has 1 unspecified atom stereocenters. The standard InChI is InChI=1S/C47H33N3/c1-4-15-30(16-5-1)40-29-41(39-25-12-13-28-48-39)50-47(49-40)36-26-27-38-44-35(36)23-14-24-37(44)45-42(31-17-6-2-7-18-31)33-21-10-11-22-34(33)43(46(38)45)32-19-8-3-9-20-32/h1-27,40,48H,28-29H2. The van der Waals surface area contributed by atoms with Crippen LogP contribution in [0.25, 0.3) is 66.1 Å². The van der Waals surface area contributed by atoms with Gasteiger partial charge in [-0.2, -0.15) is 0 Å². The molecule has 0 aromatic heterocycles. The number of nitrogens with one attached hydrogen (secondary N) is 1. The summed E-state index contributed by atoms with van der Waals surface area (Å²) in [6.07, 6.45) is 7.14. The number of aliphatic imine (C=N–C) groups is 2. The predicted octanol–water partition coefficient (Wildman–Crippen LogP) is 11.4. The van der Waals surface area contributed by atoms with Gasteiger partial charge in [0.15, 0.2) is 5.84 Å². The number of allylic oxidation sites excluding steroid dienone is 3. The van der Waals surface area contributed by atoms with E-state index in [1.54, 1.807) is 0 Å². The quantitative estimate of drug-likeness (QED) is 0.200. The number of hydrogen-bond donors (Lipinski definition) is 1. The summed E-state index contributed by atoms with van der Waals surface area (Å²) in [6, 6.07) is 52.7. The molecule has 0 fully saturated rings. The summed E-state index contributed by atoms with van der Waals surface area (Å²) in [5.41, 5.74) is 14.5. The fourth-order valence-electron chi connectivity index (χ4n) is 8.21. The van der Waals surface area contributed by atoms with Gasteiger partial charge in [0.05, 0.1) is 17.5 Å². The van der Waals surface area contributed by atoms with E-state index in [9.17, 15) is 0 Å². The van der Waals surface area contributed by atoms with Crippen LogP contribution in [0.3, 0.4) is 0 Å². The summed E-state index contributed by atoms with van der Waals surface area (Å²) in [7, 11) is 0. The minimum Gasteiger partial charge on any atom is -0.380 e. The van der Waals surface area contributed by atoms with E-state index in [1.807, 2.05) is 0 Å². The molecule has 0 radical (unpaired) electrons. The highest BCUT2D eigenvalue weighted by Gasteiger charge is 2.32. The van der Waals surface area contributed by atoms with Crippen molar-refractivity contribution >= 4 is 33.1 Å². The van der Waals surface area contributed by atoms with Crippen LogP contribution >= 0.6 is 0 Å². The highest BCUT2D eigenvalue weighted by atomic mass is 15.0. The molecular formula is C47H33N3. The maximum Gasteiger partial charge on any atom is 0.156 e. The van der Waals surface area contributed by atoms with Gasteiger partial charge in [0.25, 0.3) is 0 Å². The van der Waals surface area contributed by atoms with Crippen molar-refractivity contribution in [2.45, 2.75) is 12.5 Å². The minimum atomic E-state index is -0.0211. The Kier molecular flexibility index (Phi) is 6.70. The fourth-order valence-corrected chi connectivity index (χ4v) is 8.21. The van der Waals surface area contributed by atoms with Crippen LogP contribution in [-0.2, 0) is 0 Å². The van der Waals surface area contributed by atoms with E-state index in [4.69, 9.17) is 9.98 Å². The van der Waals surface area contributed by atoms with Crippen molar-refractivity contribution in [3.8, 4) is 44.5 Å². The molecule has 50 heavy (non-hydrogen) atoms. The van der Waals surface area contributed by atoms with Crippen LogP contribution in [0.15, 0.2) is 180 Å². The molecule has 1 atom stereocenters. The summed E-state index contributed by atoms with van der Waals surface area (Å²) < 4.78 is 0. The van der Waals surface area contributed by atoms with Crippen LogP contribution in [0.2, 0.25) is 0 Å². The summed E-state index contributed by atoms with van der Waals surface area (Å²) in [5.74, 6) is 0.786. The first-order valence-electron chi connectivity index (χ1n) is 17.4. The molecule has 3 aliphatic rings. The number of amidine groups is 1. The number of rotatable bonds is 5. The Hall–Kier alpha value is -6.32. The number of benzene rings is 7. The first-order valence-corrected chi connectivity index (χ1v) is 17.4. The number of nitrogens with zero attached hydrogens (tertiary/aromatic N) is 2. The molecule has 2 heterocycles. The van der Waals surface area contributed by atoms with Gasteiger partial charge in [-0.3, -0.25) is 4.99 Å². The lowest BCUT2D eigenvalue weighted by molar-refractivity contribution is 0.746. The Morgan fingerprint density at radius 2 is 1.10 bits per heavy atom. The lowest BCUT2D eigenvalue weighted by Crippen LogP contribution is -2.27. The maximum atomic E-state index is 5.38. The average molecular weight is 640 g/mol. The zero-order valence-electron chi connectivity index (χ0n) is 27.5. The Labute approximate surface area is 291 Å². The molecule has 0 saturated carbocycles. The third-order valence-corrected chi connectivity index (χ3v) is 10.4. The Balaban J connectivity index is 1.27. The van der Waals surface area contributed by atoms with Crippen LogP contribution < -0.4 is 5.32 Å². The van der Waals surface area contributed by atoms with Gasteiger partial charge in [-0.15, -0.1) is 0 Å². The Bertz CT molecular complexity index is 2500. The van der Waals surface area contributed by atoms with Gasteiger partial charge in [0, 0.05) is 18.5 Å². The average Bonchev–Trinajstić information content (AvgIpc) is 3.53. The third-order valence-electron chi connectivity index (χ3n) is 10.4.